The zero-order chi connectivity index (χ0) is 16.8. The SMILES string of the molecule is CC(C)Oc1ccc(OCCN2C=CN(C)C2)cc1[CH]=[Ru]([Cl])[Cl]. The number of halogens is 2. The van der Waals surface area contributed by atoms with Gasteiger partial charge in [0.2, 0.25) is 0 Å². The van der Waals surface area contributed by atoms with Gasteiger partial charge in [-0.05, 0) is 0 Å². The summed E-state index contributed by atoms with van der Waals surface area (Å²) in [6, 6.07) is 5.77. The first-order valence-electron chi connectivity index (χ1n) is 7.33. The Labute approximate surface area is 151 Å². The van der Waals surface area contributed by atoms with Crippen LogP contribution in [-0.2, 0) is 13.5 Å². The van der Waals surface area contributed by atoms with Gasteiger partial charge in [0.15, 0.2) is 0 Å². The van der Waals surface area contributed by atoms with E-state index in [0.29, 0.717) is 6.61 Å². The maximum atomic E-state index is 6.02. The second-order valence-electron chi connectivity index (χ2n) is 5.53. The van der Waals surface area contributed by atoms with Gasteiger partial charge in [0, 0.05) is 0 Å². The maximum absolute atomic E-state index is 6.02. The van der Waals surface area contributed by atoms with E-state index in [0.717, 1.165) is 30.3 Å². The van der Waals surface area contributed by atoms with E-state index in [1.807, 2.05) is 43.7 Å². The molecule has 1 aliphatic rings. The van der Waals surface area contributed by atoms with Crippen molar-refractivity contribution in [1.29, 1.82) is 0 Å². The van der Waals surface area contributed by atoms with Crippen molar-refractivity contribution in [3.8, 4) is 11.5 Å². The Balaban J connectivity index is 1.99. The Morgan fingerprint density at radius 2 is 2.09 bits per heavy atom. The Hall–Kier alpha value is -0.767. The molecule has 0 radical (unpaired) electrons. The van der Waals surface area contributed by atoms with Crippen molar-refractivity contribution in [3.05, 3.63) is 36.2 Å². The molecule has 0 spiro atoms. The van der Waals surface area contributed by atoms with Gasteiger partial charge in [0.1, 0.15) is 0 Å². The molecule has 1 heterocycles. The van der Waals surface area contributed by atoms with Crippen LogP contribution in [0, 0.1) is 0 Å². The van der Waals surface area contributed by atoms with Gasteiger partial charge in [0.25, 0.3) is 0 Å². The first kappa shape index (κ1) is 18.6. The quantitative estimate of drug-likeness (QED) is 0.598. The normalized spacial score (nSPS) is 14.4. The van der Waals surface area contributed by atoms with Crippen LogP contribution in [-0.4, -0.2) is 47.4 Å². The molecule has 0 saturated carbocycles. The van der Waals surface area contributed by atoms with E-state index in [2.05, 4.69) is 22.2 Å². The molecule has 0 aromatic heterocycles. The van der Waals surface area contributed by atoms with Crippen LogP contribution in [0.25, 0.3) is 0 Å². The molecule has 0 saturated heterocycles. The Bertz CT molecular complexity index is 589. The number of hydrogen-bond acceptors (Lipinski definition) is 4. The summed E-state index contributed by atoms with van der Waals surface area (Å²) in [5, 5.41) is 0. The monoisotopic (exact) mass is 446 g/mol. The van der Waals surface area contributed by atoms with Crippen molar-refractivity contribution in [2.75, 3.05) is 26.9 Å². The third-order valence-electron chi connectivity index (χ3n) is 3.11. The topological polar surface area (TPSA) is 24.9 Å². The molecular formula is C16H22Cl2N2O2Ru. The first-order chi connectivity index (χ1) is 10.9. The van der Waals surface area contributed by atoms with Crippen LogP contribution in [0.4, 0.5) is 0 Å². The number of ether oxygens (including phenoxy) is 2. The van der Waals surface area contributed by atoms with Crippen LogP contribution < -0.4 is 9.47 Å². The van der Waals surface area contributed by atoms with E-state index in [9.17, 15) is 0 Å². The predicted molar refractivity (Wildman–Crippen MR) is 93.0 cm³/mol. The van der Waals surface area contributed by atoms with Crippen molar-refractivity contribution in [1.82, 2.24) is 9.80 Å². The van der Waals surface area contributed by atoms with Gasteiger partial charge in [-0.25, -0.2) is 0 Å². The van der Waals surface area contributed by atoms with Crippen molar-refractivity contribution in [2.45, 2.75) is 20.0 Å². The summed E-state index contributed by atoms with van der Waals surface area (Å²) < 4.78 is 13.5. The van der Waals surface area contributed by atoms with Crippen LogP contribution in [0.2, 0.25) is 0 Å². The second kappa shape index (κ2) is 8.91. The fourth-order valence-electron chi connectivity index (χ4n) is 2.16. The van der Waals surface area contributed by atoms with Crippen molar-refractivity contribution < 1.29 is 23.0 Å². The van der Waals surface area contributed by atoms with Gasteiger partial charge in [-0.1, -0.05) is 0 Å². The average Bonchev–Trinajstić information content (AvgIpc) is 2.86. The standard InChI is InChI=1S/C16H22N2O2.2ClH.Ru/c1-13(2)20-16-6-5-15(11-14(16)3)19-10-9-18-8-7-17(4)12-18;;;/h3,5-8,11,13H,9-10,12H2,1-2,4H3;2*1H;/q;;;+2/p-2. The average molecular weight is 446 g/mol. The third kappa shape index (κ3) is 6.33. The fourth-order valence-corrected chi connectivity index (χ4v) is 3.94. The minimum absolute atomic E-state index is 0.0964. The van der Waals surface area contributed by atoms with E-state index in [-0.39, 0.29) is 6.10 Å². The van der Waals surface area contributed by atoms with Gasteiger partial charge in [-0.15, -0.1) is 0 Å². The summed E-state index contributed by atoms with van der Waals surface area (Å²) in [5.74, 6) is 1.59. The molecule has 130 valence electrons. The minimum atomic E-state index is -1.92. The second-order valence-corrected chi connectivity index (χ2v) is 11.3. The molecule has 0 N–H and O–H groups in total. The van der Waals surface area contributed by atoms with Gasteiger partial charge in [0.05, 0.1) is 0 Å². The molecule has 7 heteroatoms. The molecular weight excluding hydrogens is 424 g/mol. The van der Waals surface area contributed by atoms with E-state index >= 15 is 0 Å². The molecule has 0 bridgehead atoms. The molecule has 23 heavy (non-hydrogen) atoms. The zero-order valence-corrected chi connectivity index (χ0v) is 16.7. The van der Waals surface area contributed by atoms with Gasteiger partial charge in [-0.3, -0.25) is 0 Å². The van der Waals surface area contributed by atoms with Crippen LogP contribution in [0.1, 0.15) is 19.4 Å². The summed E-state index contributed by atoms with van der Waals surface area (Å²) in [6.45, 7) is 6.34. The molecule has 0 unspecified atom stereocenters. The molecule has 2 rings (SSSR count). The third-order valence-corrected chi connectivity index (χ3v) is 4.95. The molecule has 0 fully saturated rings. The zero-order valence-electron chi connectivity index (χ0n) is 13.5. The Morgan fingerprint density at radius 3 is 2.70 bits per heavy atom. The first-order valence-corrected chi connectivity index (χ1v) is 12.8. The molecule has 0 aliphatic carbocycles. The van der Waals surface area contributed by atoms with Crippen LogP contribution in [0.5, 0.6) is 11.5 Å². The van der Waals surface area contributed by atoms with Gasteiger partial charge < -0.3 is 0 Å². The summed E-state index contributed by atoms with van der Waals surface area (Å²) >= 11 is -1.92. The fraction of sp³-hybridized carbons (Fsp3) is 0.438. The van der Waals surface area contributed by atoms with E-state index < -0.39 is 13.5 Å². The van der Waals surface area contributed by atoms with Crippen molar-refractivity contribution in [2.24, 2.45) is 0 Å². The Kier molecular flexibility index (Phi) is 7.19. The molecule has 4 nitrogen and oxygen atoms in total. The number of nitrogens with zero attached hydrogens (tertiary/aromatic N) is 2. The van der Waals surface area contributed by atoms with Crippen LogP contribution in [0.15, 0.2) is 30.6 Å². The number of benzene rings is 1. The van der Waals surface area contributed by atoms with Gasteiger partial charge >= 0.3 is 151 Å². The molecule has 1 aromatic rings. The molecule has 1 aromatic carbocycles. The van der Waals surface area contributed by atoms with Crippen molar-refractivity contribution >= 4 is 24.0 Å². The summed E-state index contributed by atoms with van der Waals surface area (Å²) in [6.07, 6.45) is 4.22. The van der Waals surface area contributed by atoms with E-state index in [1.54, 1.807) is 0 Å². The van der Waals surface area contributed by atoms with Gasteiger partial charge in [-0.2, -0.15) is 0 Å². The summed E-state index contributed by atoms with van der Waals surface area (Å²) in [7, 11) is 14.1. The van der Waals surface area contributed by atoms with E-state index in [4.69, 9.17) is 28.9 Å². The number of hydrogen-bond donors (Lipinski definition) is 0. The van der Waals surface area contributed by atoms with E-state index in [1.165, 1.54) is 0 Å². The Morgan fingerprint density at radius 1 is 1.30 bits per heavy atom. The van der Waals surface area contributed by atoms with Crippen LogP contribution in [0.3, 0.4) is 0 Å². The number of rotatable bonds is 7. The summed E-state index contributed by atoms with van der Waals surface area (Å²) in [4.78, 5) is 4.32. The van der Waals surface area contributed by atoms with Crippen molar-refractivity contribution in [3.63, 3.8) is 0 Å². The molecule has 1 aliphatic heterocycles. The van der Waals surface area contributed by atoms with Crippen LogP contribution >= 0.6 is 19.4 Å². The predicted octanol–water partition coefficient (Wildman–Crippen LogP) is 3.60. The molecule has 0 amide bonds. The molecule has 0 atom stereocenters. The summed E-state index contributed by atoms with van der Waals surface area (Å²) in [5.41, 5.74) is 0.904.